The number of nitrogens with two attached hydrogens (primary N) is 1. The first-order valence-electron chi connectivity index (χ1n) is 8.97. The minimum absolute atomic E-state index is 0.0363. The number of aryl methyl sites for hydroxylation is 2. The molecule has 0 spiro atoms. The zero-order valence-electron chi connectivity index (χ0n) is 15.6. The lowest BCUT2D eigenvalue weighted by Crippen LogP contribution is -2.41. The van der Waals surface area contributed by atoms with Crippen LogP contribution in [-0.2, 0) is 0 Å². The van der Waals surface area contributed by atoms with Crippen molar-refractivity contribution in [2.45, 2.75) is 32.9 Å². The van der Waals surface area contributed by atoms with Crippen LogP contribution in [0.2, 0.25) is 0 Å². The van der Waals surface area contributed by atoms with Gasteiger partial charge in [-0.15, -0.1) is 0 Å². The summed E-state index contributed by atoms with van der Waals surface area (Å²) in [5.74, 6) is -3.02. The van der Waals surface area contributed by atoms with Crippen molar-refractivity contribution in [3.05, 3.63) is 47.0 Å². The van der Waals surface area contributed by atoms with E-state index in [1.807, 2.05) is 0 Å². The van der Waals surface area contributed by atoms with Crippen molar-refractivity contribution in [2.24, 2.45) is 11.7 Å². The van der Waals surface area contributed by atoms with Gasteiger partial charge in [0, 0.05) is 35.7 Å². The second-order valence-electron chi connectivity index (χ2n) is 7.18. The van der Waals surface area contributed by atoms with Crippen molar-refractivity contribution in [3.8, 4) is 11.1 Å². The molecule has 150 valence electrons. The van der Waals surface area contributed by atoms with E-state index < -0.39 is 23.8 Å². The van der Waals surface area contributed by atoms with Crippen LogP contribution in [0, 0.1) is 25.6 Å². The summed E-state index contributed by atoms with van der Waals surface area (Å²) >= 11 is 0. The number of hydrogen-bond acceptors (Lipinski definition) is 3. The molecule has 2 aromatic rings. The van der Waals surface area contributed by atoms with Crippen LogP contribution >= 0.6 is 0 Å². The average Bonchev–Trinajstić information content (AvgIpc) is 2.59. The number of benzene rings is 1. The van der Waals surface area contributed by atoms with Gasteiger partial charge in [-0.1, -0.05) is 0 Å². The number of piperidine rings is 1. The number of pyridine rings is 1. The van der Waals surface area contributed by atoms with Gasteiger partial charge in [-0.25, -0.2) is 4.39 Å². The highest BCUT2D eigenvalue weighted by atomic mass is 19.4. The number of rotatable bonds is 3. The number of primary amides is 1. The fourth-order valence-corrected chi connectivity index (χ4v) is 3.72. The van der Waals surface area contributed by atoms with Crippen molar-refractivity contribution >= 4 is 11.6 Å². The topological polar surface area (TPSA) is 59.2 Å². The first-order chi connectivity index (χ1) is 13.1. The van der Waals surface area contributed by atoms with Crippen LogP contribution in [0.5, 0.6) is 0 Å². The Balaban J connectivity index is 2.06. The van der Waals surface area contributed by atoms with Crippen molar-refractivity contribution in [2.75, 3.05) is 18.0 Å². The van der Waals surface area contributed by atoms with Crippen molar-refractivity contribution in [1.82, 2.24) is 4.98 Å². The van der Waals surface area contributed by atoms with E-state index in [2.05, 4.69) is 4.98 Å². The van der Waals surface area contributed by atoms with Crippen LogP contribution in [0.15, 0.2) is 24.3 Å². The lowest BCUT2D eigenvalue weighted by molar-refractivity contribution is -0.175. The number of aromatic nitrogens is 1. The molecule has 3 rings (SSSR count). The van der Waals surface area contributed by atoms with Gasteiger partial charge >= 0.3 is 6.18 Å². The summed E-state index contributed by atoms with van der Waals surface area (Å²) in [6, 6.07) is 5.83. The predicted molar refractivity (Wildman–Crippen MR) is 98.6 cm³/mol. The maximum absolute atomic E-state index is 15.0. The van der Waals surface area contributed by atoms with E-state index in [1.165, 1.54) is 17.0 Å². The third-order valence-electron chi connectivity index (χ3n) is 4.96. The fraction of sp³-hybridized carbons (Fsp3) is 0.400. The summed E-state index contributed by atoms with van der Waals surface area (Å²) in [7, 11) is 0. The third-order valence-corrected chi connectivity index (χ3v) is 4.96. The van der Waals surface area contributed by atoms with Gasteiger partial charge in [0.25, 0.3) is 0 Å². The number of alkyl halides is 3. The largest absolute Gasteiger partial charge is 0.393 e. The summed E-state index contributed by atoms with van der Waals surface area (Å²) < 4.78 is 54.3. The van der Waals surface area contributed by atoms with Crippen LogP contribution in [-0.4, -0.2) is 30.2 Å². The monoisotopic (exact) mass is 395 g/mol. The Labute approximate surface area is 160 Å². The molecule has 2 heterocycles. The molecule has 1 aromatic heterocycles. The van der Waals surface area contributed by atoms with E-state index in [-0.39, 0.29) is 29.8 Å². The molecule has 8 heteroatoms. The van der Waals surface area contributed by atoms with E-state index in [9.17, 15) is 18.0 Å². The molecule has 1 amide bonds. The lowest BCUT2D eigenvalue weighted by atomic mass is 9.94. The van der Waals surface area contributed by atoms with Crippen LogP contribution in [0.1, 0.15) is 34.6 Å². The van der Waals surface area contributed by atoms with Crippen molar-refractivity contribution in [1.29, 1.82) is 0 Å². The minimum Gasteiger partial charge on any atom is -0.371 e. The highest BCUT2D eigenvalue weighted by Gasteiger charge is 2.42. The molecule has 1 saturated heterocycles. The van der Waals surface area contributed by atoms with Gasteiger partial charge in [0.2, 0.25) is 5.91 Å². The van der Waals surface area contributed by atoms with Crippen molar-refractivity contribution in [3.63, 3.8) is 0 Å². The fourth-order valence-electron chi connectivity index (χ4n) is 3.72. The zero-order valence-corrected chi connectivity index (χ0v) is 15.6. The van der Waals surface area contributed by atoms with Gasteiger partial charge in [0.1, 0.15) is 5.82 Å². The van der Waals surface area contributed by atoms with Crippen LogP contribution in [0.25, 0.3) is 11.1 Å². The minimum atomic E-state index is -4.31. The molecule has 4 nitrogen and oxygen atoms in total. The van der Waals surface area contributed by atoms with E-state index in [0.29, 0.717) is 29.9 Å². The second-order valence-corrected chi connectivity index (χ2v) is 7.18. The van der Waals surface area contributed by atoms with E-state index in [0.717, 1.165) is 0 Å². The quantitative estimate of drug-likeness (QED) is 0.785. The van der Waals surface area contributed by atoms with Crippen LogP contribution in [0.4, 0.5) is 23.2 Å². The maximum atomic E-state index is 15.0. The highest BCUT2D eigenvalue weighted by molar-refractivity contribution is 6.01. The Kier molecular flexibility index (Phi) is 5.32. The number of anilines is 1. The Hall–Kier alpha value is -2.64. The average molecular weight is 395 g/mol. The molecule has 1 unspecified atom stereocenters. The van der Waals surface area contributed by atoms with Crippen LogP contribution in [0.3, 0.4) is 0 Å². The first kappa shape index (κ1) is 20.1. The zero-order chi connectivity index (χ0) is 20.6. The van der Waals surface area contributed by atoms with Crippen molar-refractivity contribution < 1.29 is 22.4 Å². The summed E-state index contributed by atoms with van der Waals surface area (Å²) in [6.07, 6.45) is -3.93. The van der Waals surface area contributed by atoms with Gasteiger partial charge in [-0.2, -0.15) is 13.2 Å². The molecule has 0 bridgehead atoms. The molecule has 0 aliphatic carbocycles. The molecule has 28 heavy (non-hydrogen) atoms. The predicted octanol–water partition coefficient (Wildman–Crippen LogP) is 4.38. The van der Waals surface area contributed by atoms with E-state index in [1.54, 1.807) is 26.0 Å². The van der Waals surface area contributed by atoms with Crippen LogP contribution < -0.4 is 10.6 Å². The van der Waals surface area contributed by atoms with Gasteiger partial charge in [0.05, 0.1) is 11.5 Å². The normalized spacial score (nSPS) is 17.6. The molecule has 1 aliphatic rings. The number of amides is 1. The maximum Gasteiger partial charge on any atom is 0.393 e. The molecular formula is C20H21F4N3O. The highest BCUT2D eigenvalue weighted by Crippen LogP contribution is 2.37. The molecule has 1 atom stereocenters. The molecule has 1 aromatic carbocycles. The van der Waals surface area contributed by atoms with Gasteiger partial charge in [0.15, 0.2) is 0 Å². The standard InChI is InChI=1S/C20H21F4N3O/c1-11-6-13(7-12(2)26-11)18-16(19(25)28)8-15(9-17(18)21)27-5-3-4-14(10-27)20(22,23)24/h6-9,14H,3-5,10H2,1-2H3,(H2,25,28). The smallest absolute Gasteiger partial charge is 0.371 e. The Morgan fingerprint density at radius 3 is 2.39 bits per heavy atom. The van der Waals surface area contributed by atoms with E-state index >= 15 is 4.39 Å². The molecule has 2 N–H and O–H groups in total. The number of nitrogens with zero attached hydrogens (tertiary/aromatic N) is 2. The third kappa shape index (κ3) is 4.10. The molecule has 1 fully saturated rings. The first-order valence-corrected chi connectivity index (χ1v) is 8.97. The summed E-state index contributed by atoms with van der Waals surface area (Å²) in [6.45, 7) is 3.58. The molecular weight excluding hydrogens is 374 g/mol. The molecule has 1 aliphatic heterocycles. The molecule has 0 radical (unpaired) electrons. The Bertz CT molecular complexity index is 891. The summed E-state index contributed by atoms with van der Waals surface area (Å²) in [5.41, 5.74) is 7.43. The van der Waals surface area contributed by atoms with Gasteiger partial charge < -0.3 is 10.6 Å². The lowest BCUT2D eigenvalue weighted by Gasteiger charge is -2.35. The molecule has 0 saturated carbocycles. The number of carbonyl (C=O) groups is 1. The van der Waals surface area contributed by atoms with E-state index in [4.69, 9.17) is 5.73 Å². The SMILES string of the molecule is Cc1cc(-c2c(F)cc(N3CCCC(C(F)(F)F)C3)cc2C(N)=O)cc(C)n1. The Morgan fingerprint density at radius 2 is 1.82 bits per heavy atom. The second kappa shape index (κ2) is 7.41. The summed E-state index contributed by atoms with van der Waals surface area (Å²) in [4.78, 5) is 17.7. The number of carbonyl (C=O) groups excluding carboxylic acids is 1. The number of hydrogen-bond donors (Lipinski definition) is 1. The summed E-state index contributed by atoms with van der Waals surface area (Å²) in [5, 5.41) is 0. The Morgan fingerprint density at radius 1 is 1.18 bits per heavy atom. The number of halogens is 4. The van der Waals surface area contributed by atoms with Gasteiger partial charge in [-0.3, -0.25) is 9.78 Å². The van der Waals surface area contributed by atoms with Gasteiger partial charge in [-0.05, 0) is 56.5 Å².